The van der Waals surface area contributed by atoms with Gasteiger partial charge in [-0.1, -0.05) is 18.2 Å². The van der Waals surface area contributed by atoms with Gasteiger partial charge in [-0.15, -0.1) is 0 Å². The van der Waals surface area contributed by atoms with Gasteiger partial charge < -0.3 is 10.1 Å². The second kappa shape index (κ2) is 6.80. The first kappa shape index (κ1) is 16.0. The number of carbonyl (C=O) groups excluding carboxylic acids is 1. The molecule has 1 aliphatic heterocycles. The number of hydrogen-bond donors (Lipinski definition) is 1. The molecule has 4 rings (SSSR count). The number of nitrogens with one attached hydrogen (secondary N) is 1. The van der Waals surface area contributed by atoms with E-state index in [1.54, 1.807) is 18.3 Å². The molecule has 3 aromatic rings. The van der Waals surface area contributed by atoms with Crippen molar-refractivity contribution in [2.24, 2.45) is 0 Å². The molecular formula is C21H15FN2O2. The average Bonchev–Trinajstić information content (AvgIpc) is 2.96. The average molecular weight is 346 g/mol. The Bertz CT molecular complexity index is 1000. The summed E-state index contributed by atoms with van der Waals surface area (Å²) in [6.45, 7) is 0.357. The Labute approximate surface area is 150 Å². The number of hydrogen-bond acceptors (Lipinski definition) is 3. The first-order valence-electron chi connectivity index (χ1n) is 8.15. The van der Waals surface area contributed by atoms with Crippen LogP contribution < -0.4 is 10.1 Å². The van der Waals surface area contributed by atoms with E-state index in [1.807, 2.05) is 42.5 Å². The number of carbonyl (C=O) groups is 1. The van der Waals surface area contributed by atoms with Crippen molar-refractivity contribution in [3.05, 3.63) is 89.5 Å². The molecule has 0 unspecified atom stereocenters. The summed E-state index contributed by atoms with van der Waals surface area (Å²) < 4.78 is 19.3. The first-order valence-corrected chi connectivity index (χ1v) is 8.15. The second-order valence-electron chi connectivity index (χ2n) is 5.88. The number of halogens is 1. The number of rotatable bonds is 4. The summed E-state index contributed by atoms with van der Waals surface area (Å²) in [4.78, 5) is 16.4. The lowest BCUT2D eigenvalue weighted by atomic mass is 10.0. The highest BCUT2D eigenvalue weighted by Gasteiger charge is 2.24. The molecule has 1 aromatic heterocycles. The number of anilines is 1. The molecule has 128 valence electrons. The summed E-state index contributed by atoms with van der Waals surface area (Å²) in [6.07, 6.45) is 3.45. The minimum absolute atomic E-state index is 0.245. The van der Waals surface area contributed by atoms with Crippen LogP contribution in [0.1, 0.15) is 16.8 Å². The van der Waals surface area contributed by atoms with Crippen molar-refractivity contribution in [3.8, 4) is 5.75 Å². The lowest BCUT2D eigenvalue weighted by Gasteiger charge is -2.06. The largest absolute Gasteiger partial charge is 0.487 e. The number of fused-ring (bicyclic) bond motifs is 1. The van der Waals surface area contributed by atoms with E-state index in [0.29, 0.717) is 29.2 Å². The van der Waals surface area contributed by atoms with Crippen LogP contribution in [-0.4, -0.2) is 10.9 Å². The zero-order chi connectivity index (χ0) is 17.9. The molecule has 0 atom stereocenters. The lowest BCUT2D eigenvalue weighted by Crippen LogP contribution is -2.03. The summed E-state index contributed by atoms with van der Waals surface area (Å²) in [6, 6.07) is 17.3. The van der Waals surface area contributed by atoms with Gasteiger partial charge in [-0.2, -0.15) is 0 Å². The van der Waals surface area contributed by atoms with Gasteiger partial charge in [0.25, 0.3) is 5.91 Å². The number of amides is 1. The fraction of sp³-hybridized carbons (Fsp3) is 0.0476. The minimum Gasteiger partial charge on any atom is -0.487 e. The van der Waals surface area contributed by atoms with Crippen LogP contribution in [0.4, 0.5) is 10.1 Å². The molecule has 1 amide bonds. The molecule has 0 aliphatic carbocycles. The SMILES string of the molecule is O=C1Nc2ccc(F)cc2/C1=C/c1cccc(OCc2ccccn2)c1. The molecule has 4 nitrogen and oxygen atoms in total. The zero-order valence-electron chi connectivity index (χ0n) is 13.8. The van der Waals surface area contributed by atoms with E-state index in [0.717, 1.165) is 11.3 Å². The van der Waals surface area contributed by atoms with Crippen LogP contribution in [0.3, 0.4) is 0 Å². The van der Waals surface area contributed by atoms with Gasteiger partial charge in [0.15, 0.2) is 0 Å². The Hall–Kier alpha value is -3.47. The quantitative estimate of drug-likeness (QED) is 0.717. The predicted octanol–water partition coefficient (Wildman–Crippen LogP) is 4.29. The molecule has 0 radical (unpaired) electrons. The van der Waals surface area contributed by atoms with E-state index >= 15 is 0 Å². The predicted molar refractivity (Wildman–Crippen MR) is 97.9 cm³/mol. The van der Waals surface area contributed by atoms with Crippen LogP contribution in [0.25, 0.3) is 11.6 Å². The van der Waals surface area contributed by atoms with E-state index in [2.05, 4.69) is 10.3 Å². The zero-order valence-corrected chi connectivity index (χ0v) is 13.8. The minimum atomic E-state index is -0.376. The maximum atomic E-state index is 13.5. The molecular weight excluding hydrogens is 331 g/mol. The third-order valence-corrected chi connectivity index (χ3v) is 4.05. The summed E-state index contributed by atoms with van der Waals surface area (Å²) in [7, 11) is 0. The second-order valence-corrected chi connectivity index (χ2v) is 5.88. The summed E-state index contributed by atoms with van der Waals surface area (Å²) in [5, 5.41) is 2.74. The number of benzene rings is 2. The summed E-state index contributed by atoms with van der Waals surface area (Å²) in [5.74, 6) is 0.0480. The molecule has 0 bridgehead atoms. The van der Waals surface area contributed by atoms with Crippen molar-refractivity contribution in [1.29, 1.82) is 0 Å². The number of pyridine rings is 1. The van der Waals surface area contributed by atoms with Crippen molar-refractivity contribution in [1.82, 2.24) is 4.98 Å². The van der Waals surface area contributed by atoms with Gasteiger partial charge in [-0.25, -0.2) is 4.39 Å². The van der Waals surface area contributed by atoms with E-state index < -0.39 is 0 Å². The van der Waals surface area contributed by atoms with Gasteiger partial charge in [-0.3, -0.25) is 9.78 Å². The Morgan fingerprint density at radius 3 is 2.85 bits per heavy atom. The standard InChI is InChI=1S/C21H15FN2O2/c22-15-7-8-20-18(12-15)19(21(25)24-20)11-14-4-3-6-17(10-14)26-13-16-5-1-2-9-23-16/h1-12H,13H2,(H,24,25)/b19-11-. The lowest BCUT2D eigenvalue weighted by molar-refractivity contribution is -0.110. The molecule has 1 aliphatic rings. The number of ether oxygens (including phenoxy) is 1. The van der Waals surface area contributed by atoms with Crippen LogP contribution in [0, 0.1) is 5.82 Å². The van der Waals surface area contributed by atoms with E-state index in [1.165, 1.54) is 12.1 Å². The van der Waals surface area contributed by atoms with Crippen LogP contribution in [0.15, 0.2) is 66.9 Å². The molecule has 0 spiro atoms. The van der Waals surface area contributed by atoms with Gasteiger partial charge in [0.05, 0.1) is 5.69 Å². The first-order chi connectivity index (χ1) is 12.7. The van der Waals surface area contributed by atoms with Gasteiger partial charge in [0.2, 0.25) is 0 Å². The summed E-state index contributed by atoms with van der Waals surface area (Å²) >= 11 is 0. The Morgan fingerprint density at radius 2 is 2.00 bits per heavy atom. The van der Waals surface area contributed by atoms with Crippen LogP contribution in [0.5, 0.6) is 5.75 Å². The smallest absolute Gasteiger partial charge is 0.256 e. The van der Waals surface area contributed by atoms with Gasteiger partial charge in [0, 0.05) is 23.0 Å². The molecule has 2 heterocycles. The Kier molecular flexibility index (Phi) is 4.19. The number of nitrogens with zero attached hydrogens (tertiary/aromatic N) is 1. The van der Waals surface area contributed by atoms with Crippen molar-refractivity contribution in [3.63, 3.8) is 0 Å². The molecule has 26 heavy (non-hydrogen) atoms. The van der Waals surface area contributed by atoms with Crippen LogP contribution >= 0.6 is 0 Å². The molecule has 0 saturated carbocycles. The van der Waals surface area contributed by atoms with E-state index in [9.17, 15) is 9.18 Å². The third-order valence-electron chi connectivity index (χ3n) is 4.05. The van der Waals surface area contributed by atoms with Gasteiger partial charge >= 0.3 is 0 Å². The maximum Gasteiger partial charge on any atom is 0.256 e. The Balaban J connectivity index is 1.58. The topological polar surface area (TPSA) is 51.2 Å². The third kappa shape index (κ3) is 3.32. The number of aromatic nitrogens is 1. The van der Waals surface area contributed by atoms with Crippen molar-refractivity contribution in [2.75, 3.05) is 5.32 Å². The van der Waals surface area contributed by atoms with Crippen molar-refractivity contribution >= 4 is 23.2 Å². The molecule has 0 fully saturated rings. The van der Waals surface area contributed by atoms with E-state index in [4.69, 9.17) is 4.74 Å². The van der Waals surface area contributed by atoms with Crippen LogP contribution in [0.2, 0.25) is 0 Å². The summed E-state index contributed by atoms with van der Waals surface area (Å²) in [5.41, 5.74) is 3.24. The Morgan fingerprint density at radius 1 is 1.08 bits per heavy atom. The fourth-order valence-corrected chi connectivity index (χ4v) is 2.81. The van der Waals surface area contributed by atoms with Gasteiger partial charge in [-0.05, 0) is 54.1 Å². The van der Waals surface area contributed by atoms with Gasteiger partial charge in [0.1, 0.15) is 18.2 Å². The van der Waals surface area contributed by atoms with Crippen LogP contribution in [-0.2, 0) is 11.4 Å². The molecule has 1 N–H and O–H groups in total. The van der Waals surface area contributed by atoms with Crippen molar-refractivity contribution < 1.29 is 13.9 Å². The highest BCUT2D eigenvalue weighted by Crippen LogP contribution is 2.33. The highest BCUT2D eigenvalue weighted by atomic mass is 19.1. The maximum absolute atomic E-state index is 13.5. The van der Waals surface area contributed by atoms with E-state index in [-0.39, 0.29) is 11.7 Å². The highest BCUT2D eigenvalue weighted by molar-refractivity contribution is 6.34. The monoisotopic (exact) mass is 346 g/mol. The van der Waals surface area contributed by atoms with Crippen molar-refractivity contribution in [2.45, 2.75) is 6.61 Å². The molecule has 2 aromatic carbocycles. The fourth-order valence-electron chi connectivity index (χ4n) is 2.81. The molecule has 0 saturated heterocycles. The normalized spacial score (nSPS) is 14.2. The molecule has 5 heteroatoms.